The smallest absolute Gasteiger partial charge is 0.250 e. The molecule has 0 saturated carbocycles. The molecule has 2 bridgehead atoms. The largest absolute Gasteiger partial charge is 0.347 e. The normalized spacial score (nSPS) is 21.0. The van der Waals surface area contributed by atoms with Crippen molar-refractivity contribution >= 4 is 32.7 Å². The Morgan fingerprint density at radius 2 is 2.00 bits per heavy atom. The van der Waals surface area contributed by atoms with Gasteiger partial charge in [-0.1, -0.05) is 28.1 Å². The Kier molecular flexibility index (Phi) is 4.38. The molecule has 28 heavy (non-hydrogen) atoms. The zero-order valence-electron chi connectivity index (χ0n) is 15.6. The van der Waals surface area contributed by atoms with Crippen molar-refractivity contribution in [1.82, 2.24) is 14.0 Å². The van der Waals surface area contributed by atoms with Gasteiger partial charge in [0.2, 0.25) is 5.91 Å². The van der Waals surface area contributed by atoms with Gasteiger partial charge < -0.3 is 14.0 Å². The van der Waals surface area contributed by atoms with Gasteiger partial charge in [0.05, 0.1) is 0 Å². The van der Waals surface area contributed by atoms with Crippen LogP contribution < -0.4 is 5.56 Å². The lowest BCUT2D eigenvalue weighted by Crippen LogP contribution is -2.49. The number of aryl methyl sites for hydroxylation is 1. The van der Waals surface area contributed by atoms with Crippen molar-refractivity contribution in [1.29, 1.82) is 0 Å². The van der Waals surface area contributed by atoms with Crippen LogP contribution in [0.3, 0.4) is 0 Å². The van der Waals surface area contributed by atoms with Gasteiger partial charge in [-0.25, -0.2) is 0 Å². The molecule has 1 unspecified atom stereocenters. The summed E-state index contributed by atoms with van der Waals surface area (Å²) in [6, 6.07) is 13.8. The standard InChI is InChI=1S/C22H22BrN3O2/c23-18-5-4-16-6-8-24(20(16)11-18)9-7-21(27)25-12-15-10-17(14-25)19-2-1-3-22(28)26(19)13-15/h1-6,8,11,15,17H,7,9-10,12-14H2/t15-,17?/m0/s1. The molecule has 4 heterocycles. The molecule has 6 heteroatoms. The van der Waals surface area contributed by atoms with E-state index in [9.17, 15) is 9.59 Å². The van der Waals surface area contributed by atoms with Crippen LogP contribution >= 0.6 is 15.9 Å². The maximum absolute atomic E-state index is 12.9. The third-order valence-electron chi connectivity index (χ3n) is 6.13. The number of carbonyl (C=O) groups excluding carboxylic acids is 1. The molecular weight excluding hydrogens is 418 g/mol. The SMILES string of the molecule is O=C(CCn1ccc2ccc(Br)cc21)N1CC2C[C@@H](C1)Cn1c2cccc1=O. The van der Waals surface area contributed by atoms with E-state index in [-0.39, 0.29) is 17.4 Å². The molecule has 2 aliphatic heterocycles. The third-order valence-corrected chi connectivity index (χ3v) is 6.63. The van der Waals surface area contributed by atoms with E-state index in [0.717, 1.165) is 41.7 Å². The van der Waals surface area contributed by atoms with Gasteiger partial charge in [-0.15, -0.1) is 0 Å². The molecule has 0 N–H and O–H groups in total. The average molecular weight is 440 g/mol. The second-order valence-corrected chi connectivity index (χ2v) is 8.87. The van der Waals surface area contributed by atoms with Crippen molar-refractivity contribution in [2.24, 2.45) is 5.92 Å². The number of likely N-dealkylation sites (tertiary alicyclic amines) is 1. The van der Waals surface area contributed by atoms with Crippen LogP contribution in [0.1, 0.15) is 24.5 Å². The van der Waals surface area contributed by atoms with E-state index in [2.05, 4.69) is 44.9 Å². The first-order chi connectivity index (χ1) is 13.6. The highest BCUT2D eigenvalue weighted by Crippen LogP contribution is 2.35. The Morgan fingerprint density at radius 3 is 2.89 bits per heavy atom. The summed E-state index contributed by atoms with van der Waals surface area (Å²) >= 11 is 3.53. The van der Waals surface area contributed by atoms with Crippen molar-refractivity contribution in [3.63, 3.8) is 0 Å². The minimum atomic E-state index is 0.0811. The van der Waals surface area contributed by atoms with E-state index in [1.807, 2.05) is 27.7 Å². The zero-order valence-corrected chi connectivity index (χ0v) is 17.1. The van der Waals surface area contributed by atoms with Crippen LogP contribution in [0.4, 0.5) is 0 Å². The summed E-state index contributed by atoms with van der Waals surface area (Å²) in [5, 5.41) is 1.19. The fourth-order valence-electron chi connectivity index (χ4n) is 4.83. The van der Waals surface area contributed by atoms with Crippen molar-refractivity contribution in [2.75, 3.05) is 13.1 Å². The third kappa shape index (κ3) is 3.09. The molecule has 5 rings (SSSR count). The second-order valence-electron chi connectivity index (χ2n) is 7.96. The van der Waals surface area contributed by atoms with Crippen LogP contribution in [0.15, 0.2) is 57.9 Å². The fourth-order valence-corrected chi connectivity index (χ4v) is 5.18. The number of hydrogen-bond acceptors (Lipinski definition) is 2. The van der Waals surface area contributed by atoms with Gasteiger partial charge in [-0.3, -0.25) is 9.59 Å². The summed E-state index contributed by atoms with van der Waals surface area (Å²) in [5.74, 6) is 0.852. The molecule has 0 aliphatic carbocycles. The summed E-state index contributed by atoms with van der Waals surface area (Å²) in [5.41, 5.74) is 2.31. The summed E-state index contributed by atoms with van der Waals surface area (Å²) in [4.78, 5) is 27.1. The monoisotopic (exact) mass is 439 g/mol. The zero-order chi connectivity index (χ0) is 19.3. The molecule has 5 nitrogen and oxygen atoms in total. The molecule has 0 radical (unpaired) electrons. The highest BCUT2D eigenvalue weighted by molar-refractivity contribution is 9.10. The number of rotatable bonds is 3. The first-order valence-electron chi connectivity index (χ1n) is 9.80. The number of carbonyl (C=O) groups is 1. The minimum absolute atomic E-state index is 0.0811. The predicted octanol–water partition coefficient (Wildman–Crippen LogP) is 3.60. The maximum Gasteiger partial charge on any atom is 0.250 e. The highest BCUT2D eigenvalue weighted by Gasteiger charge is 2.35. The fraction of sp³-hybridized carbons (Fsp3) is 0.364. The van der Waals surface area contributed by atoms with Crippen molar-refractivity contribution in [3.8, 4) is 0 Å². The number of amides is 1. The lowest BCUT2D eigenvalue weighted by molar-refractivity contribution is -0.134. The Bertz CT molecular complexity index is 1120. The molecule has 2 atom stereocenters. The molecule has 2 aromatic heterocycles. The number of halogens is 1. The van der Waals surface area contributed by atoms with Gasteiger partial charge in [0.25, 0.3) is 5.56 Å². The van der Waals surface area contributed by atoms with Crippen LogP contribution in [0.2, 0.25) is 0 Å². The van der Waals surface area contributed by atoms with E-state index in [1.54, 1.807) is 6.07 Å². The van der Waals surface area contributed by atoms with Gasteiger partial charge in [0.1, 0.15) is 0 Å². The van der Waals surface area contributed by atoms with Crippen LogP contribution in [-0.2, 0) is 17.9 Å². The molecular formula is C22H22BrN3O2. The number of benzene rings is 1. The van der Waals surface area contributed by atoms with E-state index in [0.29, 0.717) is 18.9 Å². The van der Waals surface area contributed by atoms with Crippen molar-refractivity contribution < 1.29 is 4.79 Å². The first-order valence-corrected chi connectivity index (χ1v) is 10.6. The van der Waals surface area contributed by atoms with E-state index in [4.69, 9.17) is 0 Å². The molecule has 1 amide bonds. The van der Waals surface area contributed by atoms with Crippen LogP contribution in [-0.4, -0.2) is 33.0 Å². The molecule has 144 valence electrons. The molecule has 0 spiro atoms. The average Bonchev–Trinajstić information content (AvgIpc) is 3.09. The van der Waals surface area contributed by atoms with Crippen molar-refractivity contribution in [3.05, 3.63) is 69.2 Å². The summed E-state index contributed by atoms with van der Waals surface area (Å²) in [7, 11) is 0. The molecule has 1 saturated heterocycles. The molecule has 2 aliphatic rings. The molecule has 3 aromatic rings. The van der Waals surface area contributed by atoms with Crippen LogP contribution in [0.25, 0.3) is 10.9 Å². The van der Waals surface area contributed by atoms with Crippen LogP contribution in [0, 0.1) is 5.92 Å². The van der Waals surface area contributed by atoms with Gasteiger partial charge in [-0.2, -0.15) is 0 Å². The Labute approximate surface area is 171 Å². The highest BCUT2D eigenvalue weighted by atomic mass is 79.9. The minimum Gasteiger partial charge on any atom is -0.347 e. The Hall–Kier alpha value is -2.34. The number of pyridine rings is 1. The lowest BCUT2D eigenvalue weighted by atomic mass is 9.83. The first kappa shape index (κ1) is 17.7. The summed E-state index contributed by atoms with van der Waals surface area (Å²) in [6.45, 7) is 2.89. The van der Waals surface area contributed by atoms with E-state index < -0.39 is 0 Å². The molecule has 1 aromatic carbocycles. The predicted molar refractivity (Wildman–Crippen MR) is 112 cm³/mol. The second kappa shape index (κ2) is 6.92. The van der Waals surface area contributed by atoms with Crippen molar-refractivity contribution in [2.45, 2.75) is 31.8 Å². The Balaban J connectivity index is 1.30. The Morgan fingerprint density at radius 1 is 1.11 bits per heavy atom. The quantitative estimate of drug-likeness (QED) is 0.625. The van der Waals surface area contributed by atoms with Gasteiger partial charge in [0.15, 0.2) is 0 Å². The number of fused-ring (bicyclic) bond motifs is 5. The van der Waals surface area contributed by atoms with Gasteiger partial charge >= 0.3 is 0 Å². The summed E-state index contributed by atoms with van der Waals surface area (Å²) < 4.78 is 5.10. The lowest BCUT2D eigenvalue weighted by Gasteiger charge is -2.42. The van der Waals surface area contributed by atoms with Gasteiger partial charge in [0, 0.05) is 66.5 Å². The number of aromatic nitrogens is 2. The molecule has 1 fully saturated rings. The van der Waals surface area contributed by atoms with E-state index in [1.165, 1.54) is 5.39 Å². The summed E-state index contributed by atoms with van der Waals surface area (Å²) in [6.07, 6.45) is 3.62. The number of nitrogens with zero attached hydrogens (tertiary/aromatic N) is 3. The van der Waals surface area contributed by atoms with Crippen LogP contribution in [0.5, 0.6) is 0 Å². The topological polar surface area (TPSA) is 47.2 Å². The maximum atomic E-state index is 12.9. The number of hydrogen-bond donors (Lipinski definition) is 0. The van der Waals surface area contributed by atoms with Gasteiger partial charge in [-0.05, 0) is 42.0 Å². The van der Waals surface area contributed by atoms with E-state index >= 15 is 0 Å². The number of piperidine rings is 1.